The number of carbonyl (C=O) groups excluding carboxylic acids is 1. The van der Waals surface area contributed by atoms with Gasteiger partial charge in [-0.05, 0) is 69.0 Å². The molecular weight excluding hydrogens is 264 g/mol. The van der Waals surface area contributed by atoms with Gasteiger partial charge in [0.05, 0.1) is 12.2 Å². The number of hydrogen-bond donors (Lipinski definition) is 1. The highest BCUT2D eigenvalue weighted by Crippen LogP contribution is 2.35. The summed E-state index contributed by atoms with van der Waals surface area (Å²) in [7, 11) is 1.87. The molecule has 1 amide bonds. The largest absolute Gasteiger partial charge is 0.443 e. The molecule has 1 N–H and O–H groups in total. The number of likely N-dealkylation sites (N-methyl/N-ethyl adjacent to an activating group) is 1. The molecule has 0 saturated carbocycles. The smallest absolute Gasteiger partial charge is 0.414 e. The van der Waals surface area contributed by atoms with E-state index in [-0.39, 0.29) is 12.2 Å². The molecule has 116 valence electrons. The van der Waals surface area contributed by atoms with Crippen LogP contribution in [0.5, 0.6) is 0 Å². The zero-order valence-electron chi connectivity index (χ0n) is 14.0. The molecule has 4 nitrogen and oxygen atoms in total. The van der Waals surface area contributed by atoms with Gasteiger partial charge in [0.1, 0.15) is 6.10 Å². The van der Waals surface area contributed by atoms with E-state index in [0.717, 1.165) is 12.1 Å². The van der Waals surface area contributed by atoms with E-state index in [9.17, 15) is 4.79 Å². The highest BCUT2D eigenvalue weighted by atomic mass is 16.6. The van der Waals surface area contributed by atoms with Crippen molar-refractivity contribution in [3.8, 4) is 0 Å². The first-order valence-electron chi connectivity index (χ1n) is 7.64. The summed E-state index contributed by atoms with van der Waals surface area (Å²) in [4.78, 5) is 14.0. The maximum Gasteiger partial charge on any atom is 0.414 e. The second kappa shape index (κ2) is 6.06. The molecule has 1 saturated heterocycles. The summed E-state index contributed by atoms with van der Waals surface area (Å²) in [6.07, 6.45) is 0.712. The number of cyclic esters (lactones) is 1. The van der Waals surface area contributed by atoms with Crippen LogP contribution >= 0.6 is 0 Å². The molecule has 1 heterocycles. The Morgan fingerprint density at radius 3 is 2.19 bits per heavy atom. The van der Waals surface area contributed by atoms with Gasteiger partial charge in [-0.15, -0.1) is 0 Å². The van der Waals surface area contributed by atoms with Crippen molar-refractivity contribution in [2.45, 2.75) is 47.1 Å². The fourth-order valence-corrected chi connectivity index (χ4v) is 3.34. The van der Waals surface area contributed by atoms with Crippen LogP contribution in [-0.4, -0.2) is 32.3 Å². The van der Waals surface area contributed by atoms with Gasteiger partial charge in [0.2, 0.25) is 0 Å². The highest BCUT2D eigenvalue weighted by molar-refractivity contribution is 5.92. The average Bonchev–Trinajstić information content (AvgIpc) is 2.79. The summed E-state index contributed by atoms with van der Waals surface area (Å²) in [5.41, 5.74) is 7.40. The molecule has 21 heavy (non-hydrogen) atoms. The van der Waals surface area contributed by atoms with Crippen molar-refractivity contribution in [3.05, 3.63) is 27.8 Å². The lowest BCUT2D eigenvalue weighted by molar-refractivity contribution is 0.141. The van der Waals surface area contributed by atoms with Gasteiger partial charge in [-0.3, -0.25) is 4.90 Å². The number of hydrogen-bond acceptors (Lipinski definition) is 3. The Hall–Kier alpha value is -1.55. The minimum Gasteiger partial charge on any atom is -0.443 e. The van der Waals surface area contributed by atoms with Crippen LogP contribution in [0.4, 0.5) is 10.5 Å². The molecule has 1 aromatic rings. The monoisotopic (exact) mass is 290 g/mol. The van der Waals surface area contributed by atoms with Crippen molar-refractivity contribution < 1.29 is 9.53 Å². The fraction of sp³-hybridized carbons (Fsp3) is 0.588. The summed E-state index contributed by atoms with van der Waals surface area (Å²) < 4.78 is 5.44. The van der Waals surface area contributed by atoms with Crippen molar-refractivity contribution in [2.24, 2.45) is 0 Å². The Morgan fingerprint density at radius 1 is 1.14 bits per heavy atom. The van der Waals surface area contributed by atoms with Crippen LogP contribution in [0.3, 0.4) is 0 Å². The molecule has 0 spiro atoms. The van der Waals surface area contributed by atoms with Gasteiger partial charge >= 0.3 is 6.09 Å². The molecule has 0 aromatic heterocycles. The van der Waals surface area contributed by atoms with Gasteiger partial charge < -0.3 is 10.1 Å². The maximum absolute atomic E-state index is 12.2. The Morgan fingerprint density at radius 2 is 1.71 bits per heavy atom. The normalized spacial score (nSPS) is 18.3. The number of nitrogens with zero attached hydrogens (tertiary/aromatic N) is 1. The van der Waals surface area contributed by atoms with Crippen LogP contribution in [0, 0.1) is 27.7 Å². The molecular formula is C17H26N2O2. The van der Waals surface area contributed by atoms with Gasteiger partial charge in [-0.2, -0.15) is 0 Å². The highest BCUT2D eigenvalue weighted by Gasteiger charge is 2.34. The van der Waals surface area contributed by atoms with Gasteiger partial charge in [0.15, 0.2) is 0 Å². The van der Waals surface area contributed by atoms with Gasteiger partial charge in [0.25, 0.3) is 0 Å². The Balaban J connectivity index is 2.48. The number of amides is 1. The Bertz CT molecular complexity index is 537. The second-order valence-electron chi connectivity index (χ2n) is 5.85. The number of nitrogens with one attached hydrogen (secondary N) is 1. The quantitative estimate of drug-likeness (QED) is 0.926. The lowest BCUT2D eigenvalue weighted by Gasteiger charge is -2.24. The number of benzene rings is 1. The lowest BCUT2D eigenvalue weighted by Crippen LogP contribution is -2.30. The predicted molar refractivity (Wildman–Crippen MR) is 86.3 cm³/mol. The molecule has 0 bridgehead atoms. The first kappa shape index (κ1) is 15.8. The fourth-order valence-electron chi connectivity index (χ4n) is 3.34. The first-order chi connectivity index (χ1) is 9.92. The third kappa shape index (κ3) is 2.64. The van der Waals surface area contributed by atoms with Crippen molar-refractivity contribution in [1.82, 2.24) is 5.32 Å². The van der Waals surface area contributed by atoms with Crippen molar-refractivity contribution in [2.75, 3.05) is 25.0 Å². The molecule has 1 aromatic carbocycles. The molecule has 1 aliphatic rings. The molecule has 1 aliphatic heterocycles. The molecule has 0 radical (unpaired) electrons. The van der Waals surface area contributed by atoms with E-state index in [1.165, 1.54) is 27.8 Å². The summed E-state index contributed by atoms with van der Waals surface area (Å²) in [6.45, 7) is 12.0. The van der Waals surface area contributed by atoms with Gasteiger partial charge in [0, 0.05) is 6.54 Å². The molecule has 4 heteroatoms. The third-order valence-corrected chi connectivity index (χ3v) is 4.67. The SMILES string of the molecule is CCc1c(C)c(C)c(N2C[C@H](CNC)OC2=O)c(C)c1C. The minimum absolute atomic E-state index is 0.0761. The van der Waals surface area contributed by atoms with Crippen molar-refractivity contribution in [3.63, 3.8) is 0 Å². The number of ether oxygens (including phenoxy) is 1. The topological polar surface area (TPSA) is 41.6 Å². The van der Waals surface area contributed by atoms with E-state index >= 15 is 0 Å². The third-order valence-electron chi connectivity index (χ3n) is 4.67. The average molecular weight is 290 g/mol. The van der Waals surface area contributed by atoms with E-state index < -0.39 is 0 Å². The van der Waals surface area contributed by atoms with E-state index in [4.69, 9.17) is 4.74 Å². The molecule has 1 atom stereocenters. The Kier molecular flexibility index (Phi) is 4.57. The van der Waals surface area contributed by atoms with Gasteiger partial charge in [-0.25, -0.2) is 4.79 Å². The Labute approximate surface area is 127 Å². The van der Waals surface area contributed by atoms with Crippen LogP contribution in [0.25, 0.3) is 0 Å². The molecule has 2 rings (SSSR count). The van der Waals surface area contributed by atoms with Crippen LogP contribution in [-0.2, 0) is 11.2 Å². The second-order valence-corrected chi connectivity index (χ2v) is 5.85. The number of carbonyl (C=O) groups is 1. The summed E-state index contributed by atoms with van der Waals surface area (Å²) in [6, 6.07) is 0. The summed E-state index contributed by atoms with van der Waals surface area (Å²) in [5, 5.41) is 3.07. The number of rotatable bonds is 4. The predicted octanol–water partition coefficient (Wildman–Crippen LogP) is 3.03. The van der Waals surface area contributed by atoms with Crippen molar-refractivity contribution in [1.29, 1.82) is 0 Å². The molecule has 0 aliphatic carbocycles. The van der Waals surface area contributed by atoms with Crippen molar-refractivity contribution >= 4 is 11.8 Å². The van der Waals surface area contributed by atoms with E-state index in [1.807, 2.05) is 7.05 Å². The number of anilines is 1. The van der Waals surface area contributed by atoms with Crippen LogP contribution in [0.2, 0.25) is 0 Å². The van der Waals surface area contributed by atoms with Crippen LogP contribution in [0.1, 0.15) is 34.7 Å². The zero-order valence-corrected chi connectivity index (χ0v) is 14.0. The summed E-state index contributed by atoms with van der Waals surface area (Å²) in [5.74, 6) is 0. The van der Waals surface area contributed by atoms with Crippen LogP contribution < -0.4 is 10.2 Å². The molecule has 0 unspecified atom stereocenters. The van der Waals surface area contributed by atoms with Gasteiger partial charge in [-0.1, -0.05) is 6.92 Å². The maximum atomic E-state index is 12.2. The summed E-state index contributed by atoms with van der Waals surface area (Å²) >= 11 is 0. The van der Waals surface area contributed by atoms with Crippen LogP contribution in [0.15, 0.2) is 0 Å². The minimum atomic E-state index is -0.232. The van der Waals surface area contributed by atoms with E-state index in [2.05, 4.69) is 39.9 Å². The zero-order chi connectivity index (χ0) is 15.7. The lowest BCUT2D eigenvalue weighted by atomic mass is 9.90. The molecule has 1 fully saturated rings. The standard InChI is InChI=1S/C17H26N2O2/c1-7-15-10(2)12(4)16(13(5)11(15)3)19-9-14(8-18-6)21-17(19)20/h14,18H,7-9H2,1-6H3/t14-/m0/s1. The first-order valence-corrected chi connectivity index (χ1v) is 7.64. The van der Waals surface area contributed by atoms with E-state index in [0.29, 0.717) is 13.1 Å². The van der Waals surface area contributed by atoms with E-state index in [1.54, 1.807) is 4.90 Å².